The van der Waals surface area contributed by atoms with Crippen LogP contribution >= 0.6 is 0 Å². The lowest BCUT2D eigenvalue weighted by molar-refractivity contribution is 0.292. The summed E-state index contributed by atoms with van der Waals surface area (Å²) >= 11 is 0. The van der Waals surface area contributed by atoms with Crippen molar-refractivity contribution in [2.24, 2.45) is 0 Å². The molecular weight excluding hydrogens is 350 g/mol. The van der Waals surface area contributed by atoms with Gasteiger partial charge < -0.3 is 15.7 Å². The second-order valence-electron chi connectivity index (χ2n) is 6.82. The maximum atomic E-state index is 8.79. The van der Waals surface area contributed by atoms with Crippen molar-refractivity contribution in [2.45, 2.75) is 26.4 Å². The minimum Gasteiger partial charge on any atom is -0.395 e. The van der Waals surface area contributed by atoms with E-state index in [4.69, 9.17) is 15.3 Å². The van der Waals surface area contributed by atoms with Gasteiger partial charge in [-0.2, -0.15) is 15.0 Å². The molecule has 0 aliphatic heterocycles. The van der Waals surface area contributed by atoms with E-state index in [0.717, 1.165) is 36.5 Å². The van der Waals surface area contributed by atoms with Gasteiger partial charge in [0.15, 0.2) is 0 Å². The van der Waals surface area contributed by atoms with Gasteiger partial charge in [0.1, 0.15) is 11.4 Å². The summed E-state index contributed by atoms with van der Waals surface area (Å²) in [7, 11) is 0. The van der Waals surface area contributed by atoms with E-state index in [2.05, 4.69) is 54.0 Å². The number of nitrogens with one attached hydrogen (secondary N) is 2. The Morgan fingerprint density at radius 2 is 1.64 bits per heavy atom. The van der Waals surface area contributed by atoms with Gasteiger partial charge in [0.25, 0.3) is 0 Å². The van der Waals surface area contributed by atoms with E-state index >= 15 is 0 Å². The maximum Gasteiger partial charge on any atom is 0.117 e. The van der Waals surface area contributed by atoms with Crippen molar-refractivity contribution in [3.63, 3.8) is 0 Å². The maximum absolute atomic E-state index is 8.79. The first-order chi connectivity index (χ1) is 13.8. The fraction of sp³-hybridized carbons (Fsp3) is 0.364. The summed E-state index contributed by atoms with van der Waals surface area (Å²) in [5.41, 5.74) is 5.45. The average molecular weight is 380 g/mol. The SMILES string of the molecule is Cc1ccccc1Cn1nc(CNCCCNCCO)c(-c2ccccc2)n1. The number of aliphatic hydroxyl groups is 1. The molecule has 6 nitrogen and oxygen atoms in total. The van der Waals surface area contributed by atoms with Gasteiger partial charge >= 0.3 is 0 Å². The Kier molecular flexibility index (Phi) is 7.72. The summed E-state index contributed by atoms with van der Waals surface area (Å²) in [5.74, 6) is 0. The van der Waals surface area contributed by atoms with Crippen LogP contribution in [0.1, 0.15) is 23.2 Å². The number of aryl methyl sites for hydroxylation is 1. The van der Waals surface area contributed by atoms with Crippen LogP contribution in [0.5, 0.6) is 0 Å². The molecule has 0 aliphatic carbocycles. The van der Waals surface area contributed by atoms with Gasteiger partial charge in [-0.1, -0.05) is 54.6 Å². The van der Waals surface area contributed by atoms with Gasteiger partial charge in [-0.15, -0.1) is 0 Å². The number of nitrogens with zero attached hydrogens (tertiary/aromatic N) is 3. The van der Waals surface area contributed by atoms with Crippen molar-refractivity contribution >= 4 is 0 Å². The number of aliphatic hydroxyl groups excluding tert-OH is 1. The fourth-order valence-corrected chi connectivity index (χ4v) is 3.08. The molecule has 0 aliphatic rings. The largest absolute Gasteiger partial charge is 0.395 e. The van der Waals surface area contributed by atoms with Crippen LogP contribution in [-0.4, -0.2) is 46.3 Å². The molecular formula is C22H29N5O. The molecule has 6 heteroatoms. The molecule has 0 unspecified atom stereocenters. The van der Waals surface area contributed by atoms with Crippen molar-refractivity contribution in [1.29, 1.82) is 0 Å². The van der Waals surface area contributed by atoms with Crippen molar-refractivity contribution < 1.29 is 5.11 Å². The zero-order valence-electron chi connectivity index (χ0n) is 16.4. The molecule has 0 bridgehead atoms. The van der Waals surface area contributed by atoms with E-state index in [0.29, 0.717) is 19.6 Å². The molecule has 0 saturated carbocycles. The standard InChI is InChI=1S/C22H29N5O/c1-18-8-5-6-11-20(18)17-27-25-21(16-24-13-7-12-23-14-15-28)22(26-27)19-9-3-2-4-10-19/h2-6,8-11,23-24,28H,7,12-17H2,1H3. The number of hydrogen-bond donors (Lipinski definition) is 3. The van der Waals surface area contributed by atoms with E-state index in [1.165, 1.54) is 11.1 Å². The highest BCUT2D eigenvalue weighted by Crippen LogP contribution is 2.20. The Hall–Kier alpha value is -2.54. The molecule has 28 heavy (non-hydrogen) atoms. The molecule has 0 atom stereocenters. The van der Waals surface area contributed by atoms with E-state index < -0.39 is 0 Å². The Labute approximate surface area is 166 Å². The molecule has 0 spiro atoms. The third kappa shape index (κ3) is 5.73. The average Bonchev–Trinajstić information content (AvgIpc) is 3.12. The zero-order chi connectivity index (χ0) is 19.6. The first kappa shape index (κ1) is 20.2. The lowest BCUT2D eigenvalue weighted by Crippen LogP contribution is -2.24. The fourth-order valence-electron chi connectivity index (χ4n) is 3.08. The van der Waals surface area contributed by atoms with Crippen LogP contribution < -0.4 is 10.6 Å². The summed E-state index contributed by atoms with van der Waals surface area (Å²) in [4.78, 5) is 1.80. The Morgan fingerprint density at radius 1 is 0.893 bits per heavy atom. The zero-order valence-corrected chi connectivity index (χ0v) is 16.4. The Morgan fingerprint density at radius 3 is 2.43 bits per heavy atom. The van der Waals surface area contributed by atoms with Gasteiger partial charge in [0, 0.05) is 18.7 Å². The summed E-state index contributed by atoms with van der Waals surface area (Å²) in [6, 6.07) is 18.6. The summed E-state index contributed by atoms with van der Waals surface area (Å²) in [6.07, 6.45) is 0.998. The van der Waals surface area contributed by atoms with Crippen LogP contribution in [0.25, 0.3) is 11.3 Å². The van der Waals surface area contributed by atoms with E-state index in [-0.39, 0.29) is 6.61 Å². The predicted octanol–water partition coefficient (Wildman–Crippen LogP) is 2.36. The van der Waals surface area contributed by atoms with Gasteiger partial charge in [-0.05, 0) is 37.6 Å². The molecule has 0 amide bonds. The predicted molar refractivity (Wildman–Crippen MR) is 112 cm³/mol. The minimum absolute atomic E-state index is 0.178. The smallest absolute Gasteiger partial charge is 0.117 e. The van der Waals surface area contributed by atoms with Crippen LogP contribution in [0, 0.1) is 6.92 Å². The third-order valence-corrected chi connectivity index (χ3v) is 4.63. The van der Waals surface area contributed by atoms with Crippen LogP contribution in [0.2, 0.25) is 0 Å². The quantitative estimate of drug-likeness (QED) is 0.446. The molecule has 3 rings (SSSR count). The molecule has 3 aromatic rings. The highest BCUT2D eigenvalue weighted by molar-refractivity contribution is 5.60. The van der Waals surface area contributed by atoms with Gasteiger partial charge in [-0.3, -0.25) is 0 Å². The lowest BCUT2D eigenvalue weighted by Gasteiger charge is -2.05. The molecule has 0 saturated heterocycles. The van der Waals surface area contributed by atoms with Crippen LogP contribution in [0.15, 0.2) is 54.6 Å². The Balaban J connectivity index is 1.68. The molecule has 148 valence electrons. The molecule has 0 fully saturated rings. The number of hydrogen-bond acceptors (Lipinski definition) is 5. The van der Waals surface area contributed by atoms with E-state index in [1.807, 2.05) is 18.2 Å². The Bertz CT molecular complexity index is 847. The van der Waals surface area contributed by atoms with E-state index in [1.54, 1.807) is 4.80 Å². The summed E-state index contributed by atoms with van der Waals surface area (Å²) in [6.45, 7) is 6.06. The highest BCUT2D eigenvalue weighted by Gasteiger charge is 2.13. The summed E-state index contributed by atoms with van der Waals surface area (Å²) in [5, 5.41) is 25.0. The van der Waals surface area contributed by atoms with Crippen molar-refractivity contribution in [3.05, 3.63) is 71.4 Å². The molecule has 1 aromatic heterocycles. The molecule has 3 N–H and O–H groups in total. The van der Waals surface area contributed by atoms with Crippen LogP contribution in [-0.2, 0) is 13.1 Å². The number of benzene rings is 2. The second kappa shape index (κ2) is 10.7. The normalized spacial score (nSPS) is 11.1. The first-order valence-corrected chi connectivity index (χ1v) is 9.84. The van der Waals surface area contributed by atoms with Gasteiger partial charge in [0.05, 0.1) is 13.2 Å². The molecule has 2 aromatic carbocycles. The van der Waals surface area contributed by atoms with Crippen LogP contribution in [0.4, 0.5) is 0 Å². The second-order valence-corrected chi connectivity index (χ2v) is 6.82. The minimum atomic E-state index is 0.178. The van der Waals surface area contributed by atoms with E-state index in [9.17, 15) is 0 Å². The third-order valence-electron chi connectivity index (χ3n) is 4.63. The monoisotopic (exact) mass is 379 g/mol. The first-order valence-electron chi connectivity index (χ1n) is 9.84. The number of aromatic nitrogens is 3. The highest BCUT2D eigenvalue weighted by atomic mass is 16.3. The van der Waals surface area contributed by atoms with Crippen molar-refractivity contribution in [2.75, 3.05) is 26.2 Å². The van der Waals surface area contributed by atoms with Gasteiger partial charge in [-0.25, -0.2) is 0 Å². The van der Waals surface area contributed by atoms with Gasteiger partial charge in [0.2, 0.25) is 0 Å². The van der Waals surface area contributed by atoms with Crippen LogP contribution in [0.3, 0.4) is 0 Å². The molecule has 1 heterocycles. The molecule has 0 radical (unpaired) electrons. The topological polar surface area (TPSA) is 75.0 Å². The number of rotatable bonds is 11. The lowest BCUT2D eigenvalue weighted by atomic mass is 10.1. The van der Waals surface area contributed by atoms with Crippen molar-refractivity contribution in [3.8, 4) is 11.3 Å². The summed E-state index contributed by atoms with van der Waals surface area (Å²) < 4.78 is 0. The van der Waals surface area contributed by atoms with Crippen molar-refractivity contribution in [1.82, 2.24) is 25.6 Å².